The van der Waals surface area contributed by atoms with Crippen molar-refractivity contribution >= 4 is 18.1 Å². The van der Waals surface area contributed by atoms with E-state index in [-0.39, 0.29) is 36.2 Å². The van der Waals surface area contributed by atoms with Crippen LogP contribution in [0.15, 0.2) is 21.3 Å². The van der Waals surface area contributed by atoms with Gasteiger partial charge in [0.15, 0.2) is 11.6 Å². The van der Waals surface area contributed by atoms with Gasteiger partial charge in [0.1, 0.15) is 6.10 Å². The number of nitrogens with one attached hydrogen (secondary N) is 2. The van der Waals surface area contributed by atoms with Gasteiger partial charge in [-0.3, -0.25) is 0 Å². The van der Waals surface area contributed by atoms with Crippen molar-refractivity contribution in [2.75, 3.05) is 24.5 Å². The van der Waals surface area contributed by atoms with E-state index in [0.717, 1.165) is 25.9 Å². The predicted molar refractivity (Wildman–Crippen MR) is 102 cm³/mol. The molecule has 0 spiro atoms. The molecule has 2 aromatic rings. The molecular weight excluding hydrogens is 375 g/mol. The van der Waals surface area contributed by atoms with Crippen molar-refractivity contribution in [2.24, 2.45) is 5.92 Å². The number of aromatic nitrogens is 2. The van der Waals surface area contributed by atoms with Crippen molar-refractivity contribution in [1.82, 2.24) is 15.5 Å². The number of H-pyrrole nitrogens is 1. The highest BCUT2D eigenvalue weighted by molar-refractivity contribution is 5.85. The Labute approximate surface area is 162 Å². The highest BCUT2D eigenvalue weighted by Crippen LogP contribution is 2.41. The van der Waals surface area contributed by atoms with Gasteiger partial charge >= 0.3 is 5.76 Å². The summed E-state index contributed by atoms with van der Waals surface area (Å²) in [5.41, 5.74) is 1.11. The summed E-state index contributed by atoms with van der Waals surface area (Å²) < 4.78 is 25.5. The molecule has 1 aromatic heterocycles. The molecule has 0 saturated carbocycles. The molecule has 4 rings (SSSR count). The van der Waals surface area contributed by atoms with E-state index in [0.29, 0.717) is 23.7 Å². The molecule has 0 aliphatic carbocycles. The number of benzene rings is 1. The van der Waals surface area contributed by atoms with Gasteiger partial charge in [-0.15, -0.1) is 17.5 Å². The molecule has 0 radical (unpaired) electrons. The van der Waals surface area contributed by atoms with Crippen molar-refractivity contribution < 1.29 is 13.5 Å². The molecule has 27 heavy (non-hydrogen) atoms. The predicted octanol–water partition coefficient (Wildman–Crippen LogP) is 2.57. The van der Waals surface area contributed by atoms with Crippen molar-refractivity contribution in [3.63, 3.8) is 0 Å². The number of halogens is 2. The van der Waals surface area contributed by atoms with Gasteiger partial charge in [0.05, 0.1) is 12.2 Å². The highest BCUT2D eigenvalue weighted by atomic mass is 35.5. The van der Waals surface area contributed by atoms with Gasteiger partial charge in [0.2, 0.25) is 5.89 Å². The molecule has 148 valence electrons. The molecule has 2 aliphatic rings. The number of fused-ring (bicyclic) bond motifs is 1. The molecule has 3 heterocycles. The van der Waals surface area contributed by atoms with Gasteiger partial charge in [0, 0.05) is 11.6 Å². The Morgan fingerprint density at radius 3 is 2.74 bits per heavy atom. The molecule has 0 unspecified atom stereocenters. The first-order valence-electron chi connectivity index (χ1n) is 9.06. The van der Waals surface area contributed by atoms with E-state index in [1.54, 1.807) is 6.07 Å². The molecule has 2 aliphatic heterocycles. The van der Waals surface area contributed by atoms with Crippen LogP contribution in [0.1, 0.15) is 26.7 Å². The van der Waals surface area contributed by atoms with Gasteiger partial charge < -0.3 is 19.4 Å². The normalized spacial score (nSPS) is 21.1. The Hall–Kier alpha value is -2.06. The van der Waals surface area contributed by atoms with Crippen LogP contribution in [-0.4, -0.2) is 42.0 Å². The third-order valence-electron chi connectivity index (χ3n) is 5.35. The van der Waals surface area contributed by atoms with E-state index in [4.69, 9.17) is 9.15 Å². The lowest BCUT2D eigenvalue weighted by Gasteiger charge is -2.43. The maximum Gasteiger partial charge on any atom is 0.434 e. The molecule has 1 saturated heterocycles. The average Bonchev–Trinajstić information content (AvgIpc) is 3.08. The molecule has 1 aromatic carbocycles. The Balaban J connectivity index is 0.00000210. The van der Waals surface area contributed by atoms with Crippen LogP contribution in [0.25, 0.3) is 11.5 Å². The monoisotopic (exact) mass is 398 g/mol. The molecule has 2 atom stereocenters. The van der Waals surface area contributed by atoms with Crippen LogP contribution < -0.4 is 20.7 Å². The Morgan fingerprint density at radius 2 is 2.07 bits per heavy atom. The number of piperidine rings is 1. The topological polar surface area (TPSA) is 83.4 Å². The molecule has 2 N–H and O–H groups in total. The number of rotatable bonds is 3. The summed E-state index contributed by atoms with van der Waals surface area (Å²) in [6, 6.07) is 3.34. The van der Waals surface area contributed by atoms with E-state index in [9.17, 15) is 9.18 Å². The number of ether oxygens (including phenoxy) is 1. The van der Waals surface area contributed by atoms with Crippen LogP contribution in [0.3, 0.4) is 0 Å². The zero-order valence-corrected chi connectivity index (χ0v) is 16.1. The summed E-state index contributed by atoms with van der Waals surface area (Å²) in [6.45, 7) is 6.84. The highest BCUT2D eigenvalue weighted by Gasteiger charge is 2.33. The standard InChI is InChI=1S/C18H23FN4O3.ClH/c1-10-9-23(11(2)12-3-5-20-6-4-12)15-8-13(7-14(19)16(15)25-10)17-21-22-18(24)26-17;/h7-8,10-12,20H,3-6,9H2,1-2H3,(H,22,24);1H/t10-,11-;/m0./s1. The first-order chi connectivity index (χ1) is 12.5. The van der Waals surface area contributed by atoms with E-state index >= 15 is 0 Å². The second-order valence-corrected chi connectivity index (χ2v) is 7.13. The third kappa shape index (κ3) is 3.82. The maximum absolute atomic E-state index is 14.8. The van der Waals surface area contributed by atoms with E-state index < -0.39 is 11.6 Å². The van der Waals surface area contributed by atoms with Gasteiger partial charge in [-0.05, 0) is 57.8 Å². The first-order valence-corrected chi connectivity index (χ1v) is 9.06. The average molecular weight is 399 g/mol. The van der Waals surface area contributed by atoms with E-state index in [2.05, 4.69) is 27.3 Å². The van der Waals surface area contributed by atoms with Crippen LogP contribution in [0.4, 0.5) is 10.1 Å². The molecule has 7 nitrogen and oxygen atoms in total. The van der Waals surface area contributed by atoms with Crippen molar-refractivity contribution in [3.8, 4) is 17.2 Å². The van der Waals surface area contributed by atoms with Gasteiger partial charge in [0.25, 0.3) is 0 Å². The number of hydrogen-bond acceptors (Lipinski definition) is 6. The van der Waals surface area contributed by atoms with Crippen molar-refractivity contribution in [2.45, 2.75) is 38.8 Å². The number of hydrogen-bond donors (Lipinski definition) is 2. The summed E-state index contributed by atoms with van der Waals surface area (Å²) in [4.78, 5) is 13.5. The largest absolute Gasteiger partial charge is 0.484 e. The fraction of sp³-hybridized carbons (Fsp3) is 0.556. The van der Waals surface area contributed by atoms with Gasteiger partial charge in [-0.25, -0.2) is 14.3 Å². The lowest BCUT2D eigenvalue weighted by molar-refractivity contribution is 0.189. The third-order valence-corrected chi connectivity index (χ3v) is 5.35. The summed E-state index contributed by atoms with van der Waals surface area (Å²) in [5.74, 6) is -0.277. The minimum Gasteiger partial charge on any atom is -0.484 e. The van der Waals surface area contributed by atoms with Crippen LogP contribution in [0.2, 0.25) is 0 Å². The number of nitrogens with zero attached hydrogens (tertiary/aromatic N) is 2. The lowest BCUT2D eigenvalue weighted by Crippen LogP contribution is -2.48. The van der Waals surface area contributed by atoms with Crippen LogP contribution in [0, 0.1) is 11.7 Å². The van der Waals surface area contributed by atoms with Gasteiger partial charge in [-0.2, -0.15) is 0 Å². The summed E-state index contributed by atoms with van der Waals surface area (Å²) in [6.07, 6.45) is 2.09. The molecule has 0 amide bonds. The summed E-state index contributed by atoms with van der Waals surface area (Å²) in [7, 11) is 0. The Morgan fingerprint density at radius 1 is 1.33 bits per heavy atom. The summed E-state index contributed by atoms with van der Waals surface area (Å²) in [5, 5.41) is 9.41. The molecule has 9 heteroatoms. The van der Waals surface area contributed by atoms with E-state index in [1.807, 2.05) is 6.92 Å². The Kier molecular flexibility index (Phi) is 5.76. The molecular formula is C18H24ClFN4O3. The zero-order chi connectivity index (χ0) is 18.3. The van der Waals surface area contributed by atoms with Crippen molar-refractivity contribution in [3.05, 3.63) is 28.5 Å². The Bertz CT molecular complexity index is 849. The van der Waals surface area contributed by atoms with E-state index in [1.165, 1.54) is 6.07 Å². The first kappa shape index (κ1) is 19.7. The number of anilines is 1. The number of aromatic amines is 1. The van der Waals surface area contributed by atoms with Gasteiger partial charge in [-0.1, -0.05) is 0 Å². The molecule has 0 bridgehead atoms. The second-order valence-electron chi connectivity index (χ2n) is 7.13. The van der Waals surface area contributed by atoms with Crippen LogP contribution in [-0.2, 0) is 0 Å². The quantitative estimate of drug-likeness (QED) is 0.826. The summed E-state index contributed by atoms with van der Waals surface area (Å²) >= 11 is 0. The SMILES string of the molecule is C[C@H]1CN([C@@H](C)C2CCNCC2)c2cc(-c3n[nH]c(=O)o3)cc(F)c2O1.Cl. The smallest absolute Gasteiger partial charge is 0.434 e. The second kappa shape index (κ2) is 7.90. The molecule has 1 fully saturated rings. The fourth-order valence-corrected chi connectivity index (χ4v) is 3.97. The van der Waals surface area contributed by atoms with Crippen LogP contribution >= 0.6 is 12.4 Å². The van der Waals surface area contributed by atoms with Crippen molar-refractivity contribution in [1.29, 1.82) is 0 Å². The minimum absolute atomic E-state index is 0. The fourth-order valence-electron chi connectivity index (χ4n) is 3.97. The maximum atomic E-state index is 14.8. The zero-order valence-electron chi connectivity index (χ0n) is 15.3. The minimum atomic E-state index is -0.664. The van der Waals surface area contributed by atoms with Crippen LogP contribution in [0.5, 0.6) is 5.75 Å². The lowest BCUT2D eigenvalue weighted by atomic mass is 9.89.